The fourth-order valence-electron chi connectivity index (χ4n) is 3.59. The van der Waals surface area contributed by atoms with Crippen molar-refractivity contribution in [1.82, 2.24) is 14.5 Å². The normalized spacial score (nSPS) is 16.1. The highest BCUT2D eigenvalue weighted by atomic mass is 32.1. The zero-order chi connectivity index (χ0) is 21.6. The molecule has 0 fully saturated rings. The lowest BCUT2D eigenvalue weighted by Gasteiger charge is -2.26. The molecule has 1 aromatic carbocycles. The van der Waals surface area contributed by atoms with E-state index in [0.29, 0.717) is 11.1 Å². The van der Waals surface area contributed by atoms with Crippen LogP contribution in [0, 0.1) is 18.3 Å². The van der Waals surface area contributed by atoms with Gasteiger partial charge in [-0.05, 0) is 38.5 Å². The number of nitrogens with zero attached hydrogens (tertiary/aromatic N) is 4. The van der Waals surface area contributed by atoms with Gasteiger partial charge in [0.1, 0.15) is 22.3 Å². The molecule has 2 aromatic heterocycles. The third kappa shape index (κ3) is 3.06. The van der Waals surface area contributed by atoms with E-state index >= 15 is 0 Å². The van der Waals surface area contributed by atoms with E-state index in [4.69, 9.17) is 4.98 Å². The molecule has 0 radical (unpaired) electrons. The van der Waals surface area contributed by atoms with Crippen molar-refractivity contribution in [2.75, 3.05) is 6.54 Å². The Kier molecular flexibility index (Phi) is 4.88. The molecule has 30 heavy (non-hydrogen) atoms. The molecule has 0 spiro atoms. The number of thiophene rings is 1. The zero-order valence-electron chi connectivity index (χ0n) is 17.2. The highest BCUT2D eigenvalue weighted by molar-refractivity contribution is 7.19. The molecule has 0 unspecified atom stereocenters. The number of likely N-dealkylation sites (N-methyl/N-ethyl adjacent to an activating group) is 1. The summed E-state index contributed by atoms with van der Waals surface area (Å²) in [7, 11) is 1.97. The number of aryl methyl sites for hydroxylation is 2. The average molecular weight is 417 g/mol. The predicted octanol–water partition coefficient (Wildman–Crippen LogP) is 4.22. The van der Waals surface area contributed by atoms with E-state index in [9.17, 15) is 14.9 Å². The lowest BCUT2D eigenvalue weighted by Crippen LogP contribution is -2.42. The number of amides is 2. The van der Waals surface area contributed by atoms with Gasteiger partial charge in [-0.15, -0.1) is 11.3 Å². The van der Waals surface area contributed by atoms with E-state index in [0.717, 1.165) is 31.5 Å². The molecule has 3 aromatic rings. The maximum absolute atomic E-state index is 12.8. The lowest BCUT2D eigenvalue weighted by atomic mass is 9.95. The van der Waals surface area contributed by atoms with Crippen molar-refractivity contribution in [3.8, 4) is 17.5 Å². The Hall–Kier alpha value is -3.50. The molecule has 3 heterocycles. The Morgan fingerprint density at radius 3 is 2.47 bits per heavy atom. The van der Waals surface area contributed by atoms with Crippen LogP contribution in [-0.2, 0) is 16.6 Å². The van der Waals surface area contributed by atoms with Crippen LogP contribution in [0.3, 0.4) is 0 Å². The van der Waals surface area contributed by atoms with Crippen molar-refractivity contribution in [3.05, 3.63) is 57.5 Å². The largest absolute Gasteiger partial charge is 0.326 e. The molecule has 1 aliphatic rings. The summed E-state index contributed by atoms with van der Waals surface area (Å²) in [5, 5.41) is 9.38. The van der Waals surface area contributed by atoms with Gasteiger partial charge in [0, 0.05) is 29.6 Å². The maximum atomic E-state index is 12.8. The van der Waals surface area contributed by atoms with Gasteiger partial charge >= 0.3 is 0 Å². The van der Waals surface area contributed by atoms with Crippen LogP contribution in [0.15, 0.2) is 47.1 Å². The second kappa shape index (κ2) is 7.39. The Morgan fingerprint density at radius 1 is 1.17 bits per heavy atom. The Balaban J connectivity index is 1.79. The lowest BCUT2D eigenvalue weighted by molar-refractivity contribution is -0.140. The van der Waals surface area contributed by atoms with Crippen molar-refractivity contribution in [2.24, 2.45) is 7.05 Å². The SMILES string of the molecule is CCN1C(=O)C(C#N)=C(C)/C(=C/c2cc3c(nc(-c4ccc(C)cc4)n3C)s2)C1=O. The summed E-state index contributed by atoms with van der Waals surface area (Å²) in [4.78, 5) is 32.7. The number of hydrogen-bond donors (Lipinski definition) is 0. The van der Waals surface area contributed by atoms with Crippen LogP contribution in [-0.4, -0.2) is 32.8 Å². The van der Waals surface area contributed by atoms with Gasteiger partial charge in [-0.2, -0.15) is 5.26 Å². The molecule has 0 N–H and O–H groups in total. The highest BCUT2D eigenvalue weighted by Gasteiger charge is 2.34. The van der Waals surface area contributed by atoms with Crippen LogP contribution in [0.25, 0.3) is 27.8 Å². The Labute approximate surface area is 178 Å². The van der Waals surface area contributed by atoms with Gasteiger partial charge in [-0.1, -0.05) is 29.8 Å². The van der Waals surface area contributed by atoms with Crippen LogP contribution < -0.4 is 0 Å². The van der Waals surface area contributed by atoms with Crippen LogP contribution in [0.2, 0.25) is 0 Å². The summed E-state index contributed by atoms with van der Waals surface area (Å²) in [5.74, 6) is -0.0139. The summed E-state index contributed by atoms with van der Waals surface area (Å²) >= 11 is 1.48. The van der Waals surface area contributed by atoms with Gasteiger partial charge in [0.2, 0.25) is 0 Å². The van der Waals surface area contributed by atoms with Crippen molar-refractivity contribution < 1.29 is 9.59 Å². The van der Waals surface area contributed by atoms with Crippen molar-refractivity contribution in [3.63, 3.8) is 0 Å². The summed E-state index contributed by atoms with van der Waals surface area (Å²) in [6.07, 6.45) is 1.75. The molecule has 2 amide bonds. The maximum Gasteiger partial charge on any atom is 0.271 e. The van der Waals surface area contributed by atoms with Gasteiger partial charge in [0.05, 0.1) is 5.52 Å². The third-order valence-corrected chi connectivity index (χ3v) is 6.30. The summed E-state index contributed by atoms with van der Waals surface area (Å²) < 4.78 is 2.03. The zero-order valence-corrected chi connectivity index (χ0v) is 18.0. The number of nitriles is 1. The van der Waals surface area contributed by atoms with E-state index in [-0.39, 0.29) is 18.0 Å². The molecule has 0 saturated carbocycles. The Bertz CT molecular complexity index is 1300. The minimum Gasteiger partial charge on any atom is -0.326 e. The fraction of sp³-hybridized carbons (Fsp3) is 0.217. The van der Waals surface area contributed by atoms with Crippen LogP contribution in [0.5, 0.6) is 0 Å². The molecular weight excluding hydrogens is 396 g/mol. The summed E-state index contributed by atoms with van der Waals surface area (Å²) in [6.45, 7) is 5.64. The fourth-order valence-corrected chi connectivity index (χ4v) is 4.59. The first-order valence-corrected chi connectivity index (χ1v) is 10.4. The highest BCUT2D eigenvalue weighted by Crippen LogP contribution is 2.33. The minimum atomic E-state index is -0.527. The van der Waals surface area contributed by atoms with E-state index in [1.807, 2.05) is 23.8 Å². The molecule has 0 atom stereocenters. The number of carbonyl (C=O) groups excluding carboxylic acids is 2. The van der Waals surface area contributed by atoms with Crippen molar-refractivity contribution in [1.29, 1.82) is 5.26 Å². The third-order valence-electron chi connectivity index (χ3n) is 5.34. The number of fused-ring (bicyclic) bond motifs is 1. The standard InChI is InChI=1S/C23H20N4O2S/c1-5-27-22(28)17(14(3)18(12-24)23(27)29)10-16-11-19-21(30-16)25-20(26(19)4)15-8-6-13(2)7-9-15/h6-11H,5H2,1-4H3/b17-10-. The van der Waals surface area contributed by atoms with E-state index < -0.39 is 5.91 Å². The monoisotopic (exact) mass is 416 g/mol. The molecule has 0 aliphatic carbocycles. The van der Waals surface area contributed by atoms with E-state index in [2.05, 4.69) is 31.2 Å². The molecule has 1 aliphatic heterocycles. The first-order valence-electron chi connectivity index (χ1n) is 9.58. The van der Waals surface area contributed by atoms with Crippen LogP contribution >= 0.6 is 11.3 Å². The van der Waals surface area contributed by atoms with Gasteiger partial charge in [-0.3, -0.25) is 14.5 Å². The van der Waals surface area contributed by atoms with Crippen molar-refractivity contribution >= 4 is 39.6 Å². The summed E-state index contributed by atoms with van der Waals surface area (Å²) in [5.41, 5.74) is 4.02. The average Bonchev–Trinajstić information content (AvgIpc) is 3.25. The van der Waals surface area contributed by atoms with Crippen LogP contribution in [0.1, 0.15) is 24.3 Å². The molecule has 6 nitrogen and oxygen atoms in total. The molecular formula is C23H20N4O2S. The van der Waals surface area contributed by atoms with Crippen LogP contribution in [0.4, 0.5) is 0 Å². The molecule has 0 saturated heterocycles. The topological polar surface area (TPSA) is 79.0 Å². The first kappa shape index (κ1) is 19.8. The van der Waals surface area contributed by atoms with E-state index in [1.165, 1.54) is 16.9 Å². The smallest absolute Gasteiger partial charge is 0.271 e. The van der Waals surface area contributed by atoms with E-state index in [1.54, 1.807) is 19.9 Å². The first-order chi connectivity index (χ1) is 14.3. The van der Waals surface area contributed by atoms with Gasteiger partial charge in [0.15, 0.2) is 0 Å². The number of hydrogen-bond acceptors (Lipinski definition) is 5. The summed E-state index contributed by atoms with van der Waals surface area (Å²) in [6, 6.07) is 12.2. The van der Waals surface area contributed by atoms with Crippen molar-refractivity contribution in [2.45, 2.75) is 20.8 Å². The number of carbonyl (C=O) groups is 2. The number of imidazole rings is 1. The number of rotatable bonds is 3. The minimum absolute atomic E-state index is 0.0172. The van der Waals surface area contributed by atoms with Gasteiger partial charge in [-0.25, -0.2) is 4.98 Å². The molecule has 7 heteroatoms. The predicted molar refractivity (Wildman–Crippen MR) is 117 cm³/mol. The molecule has 4 rings (SSSR count). The van der Waals surface area contributed by atoms with Gasteiger partial charge < -0.3 is 4.57 Å². The van der Waals surface area contributed by atoms with Gasteiger partial charge in [0.25, 0.3) is 11.8 Å². The molecule has 150 valence electrons. The number of aromatic nitrogens is 2. The second-order valence-electron chi connectivity index (χ2n) is 7.22. The molecule has 0 bridgehead atoms. The Morgan fingerprint density at radius 2 is 1.87 bits per heavy atom. The second-order valence-corrected chi connectivity index (χ2v) is 8.29. The number of imide groups is 1. The quantitative estimate of drug-likeness (QED) is 0.473. The number of benzene rings is 1.